The van der Waals surface area contributed by atoms with E-state index < -0.39 is 5.60 Å². The summed E-state index contributed by atoms with van der Waals surface area (Å²) in [6.07, 6.45) is 3.03. The van der Waals surface area contributed by atoms with Crippen LogP contribution in [0.1, 0.15) is 48.2 Å². The highest BCUT2D eigenvalue weighted by Crippen LogP contribution is 2.43. The Morgan fingerprint density at radius 1 is 1.26 bits per heavy atom. The molecule has 0 bridgehead atoms. The SMILES string of the molecule is CCN(Cc1ccccn1)C(=O)[C@@]1(C)CCc2c(C)c(O)c(C)c(C)c2O1. The molecular formula is C22H28N2O3. The minimum Gasteiger partial charge on any atom is -0.507 e. The first-order valence-electron chi connectivity index (χ1n) is 9.48. The summed E-state index contributed by atoms with van der Waals surface area (Å²) in [6.45, 7) is 10.6. The minimum absolute atomic E-state index is 0.0240. The molecule has 0 saturated carbocycles. The Balaban J connectivity index is 1.90. The van der Waals surface area contributed by atoms with Crippen molar-refractivity contribution >= 4 is 5.91 Å². The van der Waals surface area contributed by atoms with Crippen LogP contribution >= 0.6 is 0 Å². The third-order valence-corrected chi connectivity index (χ3v) is 5.72. The van der Waals surface area contributed by atoms with Crippen LogP contribution in [0.3, 0.4) is 0 Å². The van der Waals surface area contributed by atoms with E-state index in [0.717, 1.165) is 33.7 Å². The highest BCUT2D eigenvalue weighted by Gasteiger charge is 2.42. The average molecular weight is 368 g/mol. The molecule has 144 valence electrons. The standard InChI is InChI=1S/C22H28N2O3/c1-6-24(13-17-9-7-8-12-23-17)21(26)22(5)11-10-18-16(4)19(25)14(2)15(3)20(18)27-22/h7-9,12,25H,6,10-11,13H2,1-5H3/t22-/m1/s1. The third-order valence-electron chi connectivity index (χ3n) is 5.72. The van der Waals surface area contributed by atoms with E-state index in [-0.39, 0.29) is 5.91 Å². The topological polar surface area (TPSA) is 62.7 Å². The Morgan fingerprint density at radius 2 is 2.00 bits per heavy atom. The first-order chi connectivity index (χ1) is 12.8. The monoisotopic (exact) mass is 368 g/mol. The fourth-order valence-corrected chi connectivity index (χ4v) is 3.75. The molecule has 1 aliphatic rings. The molecule has 1 N–H and O–H groups in total. The Hall–Kier alpha value is -2.56. The molecule has 1 atom stereocenters. The zero-order valence-electron chi connectivity index (χ0n) is 16.8. The molecule has 1 aliphatic heterocycles. The van der Waals surface area contributed by atoms with E-state index >= 15 is 0 Å². The number of aromatic hydroxyl groups is 1. The first kappa shape index (κ1) is 19.2. The number of carbonyl (C=O) groups is 1. The molecule has 1 amide bonds. The second-order valence-corrected chi connectivity index (χ2v) is 7.50. The predicted octanol–water partition coefficient (Wildman–Crippen LogP) is 3.84. The molecule has 27 heavy (non-hydrogen) atoms. The number of hydrogen-bond acceptors (Lipinski definition) is 4. The molecule has 0 radical (unpaired) electrons. The quantitative estimate of drug-likeness (QED) is 0.890. The summed E-state index contributed by atoms with van der Waals surface area (Å²) in [5, 5.41) is 10.3. The van der Waals surface area contributed by atoms with Crippen molar-refractivity contribution in [1.82, 2.24) is 9.88 Å². The van der Waals surface area contributed by atoms with Gasteiger partial charge in [0.05, 0.1) is 12.2 Å². The minimum atomic E-state index is -0.918. The van der Waals surface area contributed by atoms with Crippen molar-refractivity contribution in [1.29, 1.82) is 0 Å². The number of phenolic OH excluding ortho intramolecular Hbond substituents is 1. The summed E-state index contributed by atoms with van der Waals surface area (Å²) in [6, 6.07) is 5.72. The Kier molecular flexibility index (Phi) is 5.13. The normalized spacial score (nSPS) is 18.6. The van der Waals surface area contributed by atoms with Crippen LogP contribution in [0.15, 0.2) is 24.4 Å². The number of aromatic nitrogens is 1. The lowest BCUT2D eigenvalue weighted by Gasteiger charge is -2.39. The number of phenols is 1. The molecule has 0 spiro atoms. The maximum absolute atomic E-state index is 13.3. The van der Waals surface area contributed by atoms with E-state index in [1.807, 2.05) is 52.8 Å². The van der Waals surface area contributed by atoms with Gasteiger partial charge >= 0.3 is 0 Å². The fourth-order valence-electron chi connectivity index (χ4n) is 3.75. The zero-order valence-corrected chi connectivity index (χ0v) is 16.8. The second kappa shape index (κ2) is 7.22. The van der Waals surface area contributed by atoms with Crippen LogP contribution in [0.25, 0.3) is 0 Å². The summed E-state index contributed by atoms with van der Waals surface area (Å²) < 4.78 is 6.33. The van der Waals surface area contributed by atoms with Crippen molar-refractivity contribution in [2.24, 2.45) is 0 Å². The number of nitrogens with zero attached hydrogens (tertiary/aromatic N) is 2. The van der Waals surface area contributed by atoms with Crippen molar-refractivity contribution in [2.45, 2.75) is 59.6 Å². The summed E-state index contributed by atoms with van der Waals surface area (Å²) in [7, 11) is 0. The first-order valence-corrected chi connectivity index (χ1v) is 9.48. The number of ether oxygens (including phenoxy) is 1. The molecule has 0 fully saturated rings. The van der Waals surface area contributed by atoms with Gasteiger partial charge in [-0.25, -0.2) is 0 Å². The maximum atomic E-state index is 13.3. The Labute approximate surface area is 161 Å². The second-order valence-electron chi connectivity index (χ2n) is 7.50. The van der Waals surface area contributed by atoms with Crippen molar-refractivity contribution in [3.8, 4) is 11.5 Å². The van der Waals surface area contributed by atoms with Gasteiger partial charge in [0, 0.05) is 24.7 Å². The van der Waals surface area contributed by atoms with Crippen LogP contribution in [0.2, 0.25) is 0 Å². The van der Waals surface area contributed by atoms with E-state index in [4.69, 9.17) is 4.74 Å². The Morgan fingerprint density at radius 3 is 2.63 bits per heavy atom. The molecule has 2 heterocycles. The van der Waals surface area contributed by atoms with Gasteiger partial charge in [0.25, 0.3) is 5.91 Å². The largest absolute Gasteiger partial charge is 0.507 e. The van der Waals surface area contributed by atoms with Gasteiger partial charge in [-0.05, 0) is 69.9 Å². The highest BCUT2D eigenvalue weighted by atomic mass is 16.5. The predicted molar refractivity (Wildman–Crippen MR) is 105 cm³/mol. The lowest BCUT2D eigenvalue weighted by molar-refractivity contribution is -0.148. The highest BCUT2D eigenvalue weighted by molar-refractivity contribution is 5.86. The number of amides is 1. The fraction of sp³-hybridized carbons (Fsp3) is 0.455. The van der Waals surface area contributed by atoms with Gasteiger partial charge in [0.1, 0.15) is 11.5 Å². The zero-order chi connectivity index (χ0) is 19.8. The van der Waals surface area contributed by atoms with Gasteiger partial charge in [-0.1, -0.05) is 6.07 Å². The molecule has 1 aromatic carbocycles. The van der Waals surface area contributed by atoms with E-state index in [1.165, 1.54) is 0 Å². The van der Waals surface area contributed by atoms with Crippen molar-refractivity contribution in [3.05, 3.63) is 52.3 Å². The lowest BCUT2D eigenvalue weighted by Crippen LogP contribution is -2.52. The van der Waals surface area contributed by atoms with Crippen LogP contribution in [0.4, 0.5) is 0 Å². The molecule has 0 saturated heterocycles. The van der Waals surface area contributed by atoms with E-state index in [2.05, 4.69) is 4.98 Å². The molecule has 3 rings (SSSR count). The molecule has 1 aromatic heterocycles. The number of fused-ring (bicyclic) bond motifs is 1. The van der Waals surface area contributed by atoms with Crippen molar-refractivity contribution in [3.63, 3.8) is 0 Å². The summed E-state index contributed by atoms with van der Waals surface area (Å²) >= 11 is 0. The van der Waals surface area contributed by atoms with Crippen LogP contribution in [-0.4, -0.2) is 33.0 Å². The van der Waals surface area contributed by atoms with Gasteiger partial charge < -0.3 is 14.7 Å². The van der Waals surface area contributed by atoms with Crippen LogP contribution in [0, 0.1) is 20.8 Å². The summed E-state index contributed by atoms with van der Waals surface area (Å²) in [5.41, 5.74) is 3.51. The molecular weight excluding hydrogens is 340 g/mol. The van der Waals surface area contributed by atoms with Gasteiger partial charge in [-0.15, -0.1) is 0 Å². The van der Waals surface area contributed by atoms with Crippen LogP contribution in [0.5, 0.6) is 11.5 Å². The molecule has 0 aliphatic carbocycles. The summed E-state index contributed by atoms with van der Waals surface area (Å²) in [5.74, 6) is 1.05. The lowest BCUT2D eigenvalue weighted by atomic mass is 9.86. The van der Waals surface area contributed by atoms with Crippen LogP contribution < -0.4 is 4.74 Å². The maximum Gasteiger partial charge on any atom is 0.266 e. The van der Waals surface area contributed by atoms with Crippen molar-refractivity contribution < 1.29 is 14.6 Å². The van der Waals surface area contributed by atoms with Gasteiger partial charge in [0.15, 0.2) is 5.60 Å². The smallest absolute Gasteiger partial charge is 0.266 e. The van der Waals surface area contributed by atoms with E-state index in [9.17, 15) is 9.90 Å². The number of benzene rings is 1. The number of likely N-dealkylation sites (N-methyl/N-ethyl adjacent to an activating group) is 1. The van der Waals surface area contributed by atoms with Gasteiger partial charge in [-0.3, -0.25) is 9.78 Å². The Bertz CT molecular complexity index is 864. The number of hydrogen-bond donors (Lipinski definition) is 1. The average Bonchev–Trinajstić information content (AvgIpc) is 2.69. The molecule has 0 unspecified atom stereocenters. The van der Waals surface area contributed by atoms with Crippen molar-refractivity contribution in [2.75, 3.05) is 6.54 Å². The van der Waals surface area contributed by atoms with Gasteiger partial charge in [0.2, 0.25) is 0 Å². The van der Waals surface area contributed by atoms with E-state index in [0.29, 0.717) is 31.7 Å². The molecule has 2 aromatic rings. The summed E-state index contributed by atoms with van der Waals surface area (Å²) in [4.78, 5) is 19.5. The van der Waals surface area contributed by atoms with E-state index in [1.54, 1.807) is 11.1 Å². The van der Waals surface area contributed by atoms with Gasteiger partial charge in [-0.2, -0.15) is 0 Å². The van der Waals surface area contributed by atoms with Crippen LogP contribution in [-0.2, 0) is 17.8 Å². The number of pyridine rings is 1. The number of rotatable bonds is 4. The molecule has 5 nitrogen and oxygen atoms in total. The number of carbonyl (C=O) groups excluding carboxylic acids is 1. The third kappa shape index (κ3) is 3.38. The molecule has 5 heteroatoms.